The lowest BCUT2D eigenvalue weighted by Crippen LogP contribution is -2.57. The Morgan fingerprint density at radius 3 is 2.64 bits per heavy atom. The number of carbonyl (C=O) groups is 1. The predicted octanol–water partition coefficient (Wildman–Crippen LogP) is 4.03. The van der Waals surface area contributed by atoms with Gasteiger partial charge in [-0.1, -0.05) is 51.1 Å². The van der Waals surface area contributed by atoms with Gasteiger partial charge in [-0.05, 0) is 48.0 Å². The highest BCUT2D eigenvalue weighted by atomic mass is 16.6. The van der Waals surface area contributed by atoms with Gasteiger partial charge in [0.2, 0.25) is 0 Å². The molecule has 0 heterocycles. The Balaban J connectivity index is 1.43. The Morgan fingerprint density at radius 2 is 2.00 bits per heavy atom. The van der Waals surface area contributed by atoms with Crippen LogP contribution in [0.15, 0.2) is 30.3 Å². The summed E-state index contributed by atoms with van der Waals surface area (Å²) >= 11 is 0. The maximum absolute atomic E-state index is 12.0. The molecule has 3 aliphatic rings. The highest BCUT2D eigenvalue weighted by Crippen LogP contribution is 2.61. The summed E-state index contributed by atoms with van der Waals surface area (Å²) in [5.74, 6) is 1.89. The van der Waals surface area contributed by atoms with Crippen LogP contribution in [-0.4, -0.2) is 18.7 Å². The van der Waals surface area contributed by atoms with Crippen molar-refractivity contribution in [2.24, 2.45) is 23.2 Å². The topological polar surface area (TPSA) is 38.3 Å². The third-order valence-electron chi connectivity index (χ3n) is 6.07. The average Bonchev–Trinajstić information content (AvgIpc) is 2.49. The molecule has 2 bridgehead atoms. The van der Waals surface area contributed by atoms with Gasteiger partial charge in [-0.15, -0.1) is 0 Å². The molecule has 0 radical (unpaired) electrons. The van der Waals surface area contributed by atoms with E-state index in [1.165, 1.54) is 12.0 Å². The van der Waals surface area contributed by atoms with Crippen LogP contribution in [0.3, 0.4) is 0 Å². The lowest BCUT2D eigenvalue weighted by atomic mass is 9.45. The third kappa shape index (κ3) is 2.86. The zero-order chi connectivity index (χ0) is 15.7. The first kappa shape index (κ1) is 15.4. The van der Waals surface area contributed by atoms with Gasteiger partial charge < -0.3 is 10.1 Å². The molecule has 1 aromatic carbocycles. The first-order chi connectivity index (χ1) is 10.5. The molecule has 1 N–H and O–H groups in total. The van der Waals surface area contributed by atoms with E-state index in [1.54, 1.807) is 0 Å². The summed E-state index contributed by atoms with van der Waals surface area (Å²) in [6.45, 7) is 7.59. The normalized spacial score (nSPS) is 32.0. The van der Waals surface area contributed by atoms with Gasteiger partial charge in [-0.2, -0.15) is 0 Å². The van der Waals surface area contributed by atoms with Crippen LogP contribution in [0.2, 0.25) is 0 Å². The van der Waals surface area contributed by atoms with Crippen LogP contribution < -0.4 is 5.32 Å². The Bertz CT molecular complexity index is 525. The summed E-state index contributed by atoms with van der Waals surface area (Å²) in [6, 6.07) is 10.2. The van der Waals surface area contributed by atoms with Crippen molar-refractivity contribution < 1.29 is 9.53 Å². The fourth-order valence-electron chi connectivity index (χ4n) is 4.39. The van der Waals surface area contributed by atoms with E-state index in [2.05, 4.69) is 38.2 Å². The van der Waals surface area contributed by atoms with E-state index >= 15 is 0 Å². The molecule has 0 unspecified atom stereocenters. The number of ether oxygens (including phenoxy) is 1. The van der Waals surface area contributed by atoms with Gasteiger partial charge in [0.1, 0.15) is 6.10 Å². The van der Waals surface area contributed by atoms with E-state index in [1.807, 2.05) is 18.2 Å². The van der Waals surface area contributed by atoms with E-state index in [0.29, 0.717) is 23.8 Å². The standard InChI is InChI=1S/C19H27NO2/c1-13-16-11-15(19(16,2)3)12-17(13)22-18(21)20-10-9-14-7-5-4-6-8-14/h4-8,13,15-17H,9-12H2,1-3H3,(H,20,21)/t13-,15+,16+,17+/m0/s1. The van der Waals surface area contributed by atoms with Crippen molar-refractivity contribution in [3.05, 3.63) is 35.9 Å². The summed E-state index contributed by atoms with van der Waals surface area (Å²) in [6.07, 6.45) is 3.01. The number of hydrogen-bond donors (Lipinski definition) is 1. The number of alkyl carbamates (subject to hydrolysis) is 1. The van der Waals surface area contributed by atoms with Gasteiger partial charge in [0, 0.05) is 6.54 Å². The molecule has 0 saturated heterocycles. The van der Waals surface area contributed by atoms with Gasteiger partial charge >= 0.3 is 6.09 Å². The van der Waals surface area contributed by atoms with Crippen molar-refractivity contribution in [1.29, 1.82) is 0 Å². The zero-order valence-corrected chi connectivity index (χ0v) is 13.8. The van der Waals surface area contributed by atoms with Crippen LogP contribution in [0.1, 0.15) is 39.2 Å². The summed E-state index contributed by atoms with van der Waals surface area (Å²) in [7, 11) is 0. The average molecular weight is 301 g/mol. The molecule has 3 fully saturated rings. The minimum Gasteiger partial charge on any atom is -0.446 e. The maximum Gasteiger partial charge on any atom is 0.407 e. The van der Waals surface area contributed by atoms with Gasteiger partial charge in [0.25, 0.3) is 0 Å². The number of amides is 1. The number of rotatable bonds is 4. The van der Waals surface area contributed by atoms with Crippen LogP contribution in [0.5, 0.6) is 0 Å². The smallest absolute Gasteiger partial charge is 0.407 e. The second-order valence-electron chi connectivity index (χ2n) is 7.56. The van der Waals surface area contributed by atoms with Crippen LogP contribution in [0.25, 0.3) is 0 Å². The first-order valence-electron chi connectivity index (χ1n) is 8.47. The molecular formula is C19H27NO2. The Hall–Kier alpha value is -1.51. The second kappa shape index (κ2) is 5.94. The van der Waals surface area contributed by atoms with E-state index in [9.17, 15) is 4.79 Å². The van der Waals surface area contributed by atoms with Crippen molar-refractivity contribution in [3.63, 3.8) is 0 Å². The predicted molar refractivity (Wildman–Crippen MR) is 87.6 cm³/mol. The maximum atomic E-state index is 12.0. The molecule has 4 rings (SSSR count). The lowest BCUT2D eigenvalue weighted by molar-refractivity contribution is -0.155. The van der Waals surface area contributed by atoms with Crippen LogP contribution in [0.4, 0.5) is 4.79 Å². The largest absolute Gasteiger partial charge is 0.446 e. The quantitative estimate of drug-likeness (QED) is 0.912. The summed E-state index contributed by atoms with van der Waals surface area (Å²) in [5.41, 5.74) is 1.67. The fraction of sp³-hybridized carbons (Fsp3) is 0.632. The molecule has 3 aliphatic carbocycles. The van der Waals surface area contributed by atoms with Crippen molar-refractivity contribution in [3.8, 4) is 0 Å². The van der Waals surface area contributed by atoms with Crippen molar-refractivity contribution >= 4 is 6.09 Å². The van der Waals surface area contributed by atoms with E-state index in [-0.39, 0.29) is 12.2 Å². The molecule has 4 atom stereocenters. The summed E-state index contributed by atoms with van der Waals surface area (Å²) < 4.78 is 5.69. The van der Waals surface area contributed by atoms with E-state index < -0.39 is 0 Å². The number of benzene rings is 1. The minimum atomic E-state index is -0.258. The summed E-state index contributed by atoms with van der Waals surface area (Å²) in [4.78, 5) is 12.0. The molecule has 3 nitrogen and oxygen atoms in total. The monoisotopic (exact) mass is 301 g/mol. The van der Waals surface area contributed by atoms with Gasteiger partial charge in [0.05, 0.1) is 0 Å². The van der Waals surface area contributed by atoms with Gasteiger partial charge in [-0.25, -0.2) is 4.79 Å². The Kier molecular flexibility index (Phi) is 4.16. The number of fused-ring (bicyclic) bond motifs is 2. The molecule has 120 valence electrons. The Morgan fingerprint density at radius 1 is 1.27 bits per heavy atom. The first-order valence-corrected chi connectivity index (χ1v) is 8.47. The van der Waals surface area contributed by atoms with E-state index in [0.717, 1.165) is 18.8 Å². The number of hydrogen-bond acceptors (Lipinski definition) is 2. The molecule has 0 spiro atoms. The highest BCUT2D eigenvalue weighted by Gasteiger charge is 2.57. The third-order valence-corrected chi connectivity index (χ3v) is 6.07. The molecule has 0 aliphatic heterocycles. The van der Waals surface area contributed by atoms with Crippen LogP contribution >= 0.6 is 0 Å². The lowest BCUT2D eigenvalue weighted by Gasteiger charge is -2.61. The molecule has 1 amide bonds. The molecule has 3 heteroatoms. The van der Waals surface area contributed by atoms with Crippen LogP contribution in [0, 0.1) is 23.2 Å². The minimum absolute atomic E-state index is 0.0912. The fourth-order valence-corrected chi connectivity index (χ4v) is 4.39. The van der Waals surface area contributed by atoms with Crippen molar-refractivity contribution in [2.45, 2.75) is 46.1 Å². The molecule has 1 aromatic rings. The zero-order valence-electron chi connectivity index (χ0n) is 13.8. The van der Waals surface area contributed by atoms with Gasteiger partial charge in [-0.3, -0.25) is 0 Å². The van der Waals surface area contributed by atoms with Crippen molar-refractivity contribution in [1.82, 2.24) is 5.32 Å². The molecule has 22 heavy (non-hydrogen) atoms. The van der Waals surface area contributed by atoms with Crippen molar-refractivity contribution in [2.75, 3.05) is 6.54 Å². The second-order valence-corrected chi connectivity index (χ2v) is 7.56. The van der Waals surface area contributed by atoms with Crippen LogP contribution in [-0.2, 0) is 11.2 Å². The highest BCUT2D eigenvalue weighted by molar-refractivity contribution is 5.67. The van der Waals surface area contributed by atoms with E-state index in [4.69, 9.17) is 4.74 Å². The molecule has 3 saturated carbocycles. The summed E-state index contributed by atoms with van der Waals surface area (Å²) in [5, 5.41) is 2.89. The SMILES string of the molecule is C[C@H]1[C@H]2C[C@H](C[C@H]1OC(=O)NCCc1ccccc1)C2(C)C. The number of carbonyl (C=O) groups excluding carboxylic acids is 1. The van der Waals surface area contributed by atoms with Gasteiger partial charge in [0.15, 0.2) is 0 Å². The Labute approximate surface area is 133 Å². The number of nitrogens with one attached hydrogen (secondary N) is 1. The molecular weight excluding hydrogens is 274 g/mol. The molecule has 0 aromatic heterocycles.